The van der Waals surface area contributed by atoms with E-state index in [4.69, 9.17) is 17.2 Å². The van der Waals surface area contributed by atoms with E-state index in [1.54, 1.807) is 13.8 Å². The predicted molar refractivity (Wildman–Crippen MR) is 242 cm³/mol. The quantitative estimate of drug-likeness (QED) is 0.0623. The van der Waals surface area contributed by atoms with Gasteiger partial charge in [-0.1, -0.05) is 52.2 Å². The molecule has 1 aliphatic heterocycles. The van der Waals surface area contributed by atoms with Crippen molar-refractivity contribution < 1.29 is 66.3 Å². The maximum atomic E-state index is 14.0. The van der Waals surface area contributed by atoms with Gasteiger partial charge < -0.3 is 64.4 Å². The van der Waals surface area contributed by atoms with Crippen LogP contribution in [0.5, 0.6) is 5.75 Å². The van der Waals surface area contributed by atoms with Crippen molar-refractivity contribution in [1.29, 1.82) is 0 Å². The summed E-state index contributed by atoms with van der Waals surface area (Å²) in [4.78, 5) is 145. The Labute approximate surface area is 393 Å². The minimum atomic E-state index is -4.27. The number of hydrogen-bond acceptors (Lipinski definition) is 14. The molecule has 0 bridgehead atoms. The highest BCUT2D eigenvalue weighted by molar-refractivity contribution is 7.91. The summed E-state index contributed by atoms with van der Waals surface area (Å²) >= 11 is 0. The molecule has 11 amide bonds. The third-order valence-electron chi connectivity index (χ3n) is 10.8. The van der Waals surface area contributed by atoms with Gasteiger partial charge in [-0.15, -0.1) is 0 Å². The molecule has 1 aliphatic rings. The third-order valence-corrected chi connectivity index (χ3v) is 12.5. The number of aromatic hydroxyl groups is 1. The van der Waals surface area contributed by atoms with Crippen LogP contribution in [0.2, 0.25) is 0 Å². The van der Waals surface area contributed by atoms with Crippen LogP contribution in [-0.2, 0) is 69.0 Å². The fraction of sp³-hybridized carbons (Fsp3) is 0.595. The molecule has 68 heavy (non-hydrogen) atoms. The number of carbonyl (C=O) groups is 11. The van der Waals surface area contributed by atoms with Crippen molar-refractivity contribution in [2.75, 3.05) is 31.6 Å². The van der Waals surface area contributed by atoms with Gasteiger partial charge in [0.25, 0.3) is 0 Å². The Morgan fingerprint density at radius 1 is 0.809 bits per heavy atom. The molecule has 1 aromatic rings. The molecular weight excluding hydrogens is 915 g/mol. The van der Waals surface area contributed by atoms with E-state index in [2.05, 4.69) is 37.2 Å². The smallest absolute Gasteiger partial charge is 0.245 e. The lowest BCUT2D eigenvalue weighted by Crippen LogP contribution is -2.61. The standard InChI is InChI=1S/C42H65N11O14S/c1-5-7-8-26(37(60)46-21-33(45)57)47-35(59)22-53(4)42(65)28-15-17-68(66,67)18-16-34(58)48-29(19-24-9-11-25(54)12-10-24)40(63)52-36(23(3)6-2)41(64)49-27(13-14-31(43)55)38(61)51-30(20-32(44)56)39(62)50-28/h9-12,23,26-30,36,54H,5-8,13-22H2,1-4H3,(H2,43,55)(H2,44,56)(H2,45,57)(H,46,60)(H,47,59)(H,48,58)(H,49,64)(H,50,62)(H,51,61)(H,52,63)/t23-,26-,27-,28-,29-,30-,36-/m0/s1. The van der Waals surface area contributed by atoms with Gasteiger partial charge in [-0.05, 0) is 42.9 Å². The summed E-state index contributed by atoms with van der Waals surface area (Å²) in [6.45, 7) is 3.87. The molecule has 0 unspecified atom stereocenters. The number of phenols is 1. The zero-order chi connectivity index (χ0) is 51.3. The first kappa shape index (κ1) is 57.3. The molecule has 0 saturated carbocycles. The minimum absolute atomic E-state index is 0.0923. The highest BCUT2D eigenvalue weighted by Gasteiger charge is 2.36. The lowest BCUT2D eigenvalue weighted by molar-refractivity contribution is -0.140. The number of benzene rings is 1. The van der Waals surface area contributed by atoms with Crippen LogP contribution in [0, 0.1) is 5.92 Å². The number of nitrogens with two attached hydrogens (primary N) is 3. The highest BCUT2D eigenvalue weighted by atomic mass is 32.2. The summed E-state index contributed by atoms with van der Waals surface area (Å²) < 4.78 is 26.9. The zero-order valence-corrected chi connectivity index (χ0v) is 39.4. The Kier molecular flexibility index (Phi) is 23.3. The Hall–Kier alpha value is -6.86. The van der Waals surface area contributed by atoms with E-state index in [0.717, 1.165) is 11.9 Å². The molecule has 14 N–H and O–H groups in total. The number of amides is 11. The predicted octanol–water partition coefficient (Wildman–Crippen LogP) is -4.51. The topological polar surface area (TPSA) is 408 Å². The van der Waals surface area contributed by atoms with Gasteiger partial charge in [-0.25, -0.2) is 8.42 Å². The Balaban J connectivity index is 2.63. The molecule has 0 spiro atoms. The van der Waals surface area contributed by atoms with Gasteiger partial charge in [0, 0.05) is 26.3 Å². The Morgan fingerprint density at radius 3 is 2.01 bits per heavy atom. The number of nitrogens with one attached hydrogen (secondary N) is 7. The zero-order valence-electron chi connectivity index (χ0n) is 38.6. The van der Waals surface area contributed by atoms with Crippen molar-refractivity contribution in [3.63, 3.8) is 0 Å². The van der Waals surface area contributed by atoms with Gasteiger partial charge in [-0.3, -0.25) is 52.7 Å². The van der Waals surface area contributed by atoms with E-state index < -0.39 is 174 Å². The van der Waals surface area contributed by atoms with Crippen molar-refractivity contribution in [2.24, 2.45) is 23.1 Å². The van der Waals surface area contributed by atoms with Crippen LogP contribution in [0.1, 0.15) is 84.1 Å². The van der Waals surface area contributed by atoms with Gasteiger partial charge in [-0.2, -0.15) is 0 Å². The largest absolute Gasteiger partial charge is 0.508 e. The summed E-state index contributed by atoms with van der Waals surface area (Å²) in [5.41, 5.74) is 16.3. The van der Waals surface area contributed by atoms with Crippen LogP contribution < -0.4 is 54.4 Å². The van der Waals surface area contributed by atoms with Crippen molar-refractivity contribution in [3.8, 4) is 5.75 Å². The minimum Gasteiger partial charge on any atom is -0.508 e. The van der Waals surface area contributed by atoms with Gasteiger partial charge in [0.2, 0.25) is 65.0 Å². The summed E-state index contributed by atoms with van der Waals surface area (Å²) in [6.07, 6.45) is -1.86. The normalized spacial score (nSPS) is 21.7. The molecule has 0 aromatic heterocycles. The van der Waals surface area contributed by atoms with E-state index in [-0.39, 0.29) is 18.6 Å². The number of nitrogens with zero attached hydrogens (tertiary/aromatic N) is 1. The van der Waals surface area contributed by atoms with Crippen molar-refractivity contribution >= 4 is 74.8 Å². The van der Waals surface area contributed by atoms with E-state index in [1.165, 1.54) is 24.3 Å². The van der Waals surface area contributed by atoms with Crippen molar-refractivity contribution in [3.05, 3.63) is 29.8 Å². The first-order chi connectivity index (χ1) is 31.9. The SMILES string of the molecule is CCCC[C@H](NC(=O)CN(C)C(=O)[C@@H]1CCS(=O)(=O)CCC(=O)N[C@@H](Cc2ccc(O)cc2)C(=O)N[C@@H]([C@@H](C)CC)C(=O)N[C@@H](CCC(N)=O)C(=O)N[C@@H](CC(N)=O)C(=O)N1)C(=O)NCC(N)=O. The number of phenolic OH excluding ortho intramolecular Hbond substituents is 1. The number of primary amides is 3. The van der Waals surface area contributed by atoms with Crippen LogP contribution in [0.25, 0.3) is 0 Å². The first-order valence-corrected chi connectivity index (χ1v) is 23.8. The van der Waals surface area contributed by atoms with Crippen LogP contribution in [-0.4, -0.2) is 151 Å². The van der Waals surface area contributed by atoms with Gasteiger partial charge in [0.05, 0.1) is 31.0 Å². The second-order valence-electron chi connectivity index (χ2n) is 16.6. The van der Waals surface area contributed by atoms with E-state index in [0.29, 0.717) is 24.8 Å². The van der Waals surface area contributed by atoms with Crippen LogP contribution in [0.4, 0.5) is 0 Å². The lowest BCUT2D eigenvalue weighted by Gasteiger charge is -2.29. The highest BCUT2D eigenvalue weighted by Crippen LogP contribution is 2.15. The number of sulfone groups is 1. The molecule has 7 atom stereocenters. The van der Waals surface area contributed by atoms with E-state index >= 15 is 0 Å². The molecule has 1 fully saturated rings. The van der Waals surface area contributed by atoms with E-state index in [9.17, 15) is 66.3 Å². The number of likely N-dealkylation sites (N-methyl/N-ethyl adjacent to an activating group) is 1. The second-order valence-corrected chi connectivity index (χ2v) is 18.9. The molecule has 1 saturated heterocycles. The summed E-state index contributed by atoms with van der Waals surface area (Å²) in [6, 6.07) is -3.66. The fourth-order valence-electron chi connectivity index (χ4n) is 6.75. The van der Waals surface area contributed by atoms with Crippen molar-refractivity contribution in [1.82, 2.24) is 42.1 Å². The molecule has 2 rings (SSSR count). The summed E-state index contributed by atoms with van der Waals surface area (Å²) in [5, 5.41) is 26.7. The van der Waals surface area contributed by atoms with Crippen LogP contribution >= 0.6 is 0 Å². The molecule has 25 nitrogen and oxygen atoms in total. The first-order valence-electron chi connectivity index (χ1n) is 22.0. The molecule has 0 radical (unpaired) electrons. The monoisotopic (exact) mass is 979 g/mol. The van der Waals surface area contributed by atoms with Gasteiger partial charge in [0.15, 0.2) is 9.84 Å². The average molecular weight is 980 g/mol. The van der Waals surface area contributed by atoms with Crippen molar-refractivity contribution in [2.45, 2.75) is 121 Å². The average Bonchev–Trinajstić information content (AvgIpc) is 3.26. The maximum Gasteiger partial charge on any atom is 0.245 e. The maximum absolute atomic E-state index is 14.0. The molecule has 0 aliphatic carbocycles. The number of rotatable bonds is 19. The second kappa shape index (κ2) is 27.7. The number of carbonyl (C=O) groups excluding carboxylic acids is 11. The van der Waals surface area contributed by atoms with Crippen LogP contribution in [0.15, 0.2) is 24.3 Å². The van der Waals surface area contributed by atoms with Crippen LogP contribution in [0.3, 0.4) is 0 Å². The molecule has 378 valence electrons. The number of unbranched alkanes of at least 4 members (excludes halogenated alkanes) is 1. The fourth-order valence-corrected chi connectivity index (χ4v) is 8.05. The van der Waals surface area contributed by atoms with Gasteiger partial charge in [0.1, 0.15) is 42.0 Å². The third kappa shape index (κ3) is 20.3. The summed E-state index contributed by atoms with van der Waals surface area (Å²) in [5.74, 6) is -13.0. The molecular formula is C42H65N11O14S. The Bertz CT molecular complexity index is 2120. The number of hydrogen-bond donors (Lipinski definition) is 11. The molecule has 1 aromatic carbocycles. The molecule has 1 heterocycles. The van der Waals surface area contributed by atoms with E-state index in [1.807, 2.05) is 6.92 Å². The van der Waals surface area contributed by atoms with Gasteiger partial charge >= 0.3 is 0 Å². The molecule has 26 heteroatoms. The lowest BCUT2D eigenvalue weighted by atomic mass is 9.96. The summed E-state index contributed by atoms with van der Waals surface area (Å²) in [7, 11) is -3.14. The Morgan fingerprint density at radius 2 is 1.43 bits per heavy atom.